The van der Waals surface area contributed by atoms with Gasteiger partial charge in [-0.3, -0.25) is 0 Å². The Hall–Kier alpha value is -0.120. The molecule has 1 heterocycles. The quantitative estimate of drug-likeness (QED) is 0.835. The summed E-state index contributed by atoms with van der Waals surface area (Å²) in [5.74, 6) is 1.58. The van der Waals surface area contributed by atoms with E-state index in [1.165, 1.54) is 25.8 Å². The third kappa shape index (κ3) is 4.19. The molecule has 0 amide bonds. The van der Waals surface area contributed by atoms with Crippen molar-refractivity contribution in [2.75, 3.05) is 26.7 Å². The van der Waals surface area contributed by atoms with Gasteiger partial charge in [-0.25, -0.2) is 0 Å². The molecule has 1 aliphatic heterocycles. The second-order valence-electron chi connectivity index (χ2n) is 8.09. The molecule has 1 aliphatic carbocycles. The highest BCUT2D eigenvalue weighted by atomic mass is 16.3. The predicted octanol–water partition coefficient (Wildman–Crippen LogP) is 2.49. The van der Waals surface area contributed by atoms with E-state index < -0.39 is 0 Å². The largest absolute Gasteiger partial charge is 0.392 e. The maximum absolute atomic E-state index is 9.86. The van der Waals surface area contributed by atoms with Crippen molar-refractivity contribution >= 4 is 0 Å². The molecule has 4 atom stereocenters. The van der Waals surface area contributed by atoms with Crippen molar-refractivity contribution in [1.29, 1.82) is 0 Å². The van der Waals surface area contributed by atoms with Crippen molar-refractivity contribution in [1.82, 2.24) is 10.2 Å². The molecule has 0 radical (unpaired) electrons. The first kappa shape index (κ1) is 16.3. The molecule has 1 saturated heterocycles. The first-order valence-corrected chi connectivity index (χ1v) is 8.48. The average Bonchev–Trinajstić information content (AvgIpc) is 2.37. The normalized spacial score (nSPS) is 37.0. The zero-order valence-corrected chi connectivity index (χ0v) is 13.9. The summed E-state index contributed by atoms with van der Waals surface area (Å²) in [5.41, 5.74) is 0.429. The van der Waals surface area contributed by atoms with E-state index in [2.05, 4.69) is 38.0 Å². The van der Waals surface area contributed by atoms with Gasteiger partial charge in [0, 0.05) is 19.1 Å². The van der Waals surface area contributed by atoms with E-state index in [1.54, 1.807) is 0 Å². The van der Waals surface area contributed by atoms with Crippen molar-refractivity contribution in [2.45, 2.75) is 65.0 Å². The molecule has 4 unspecified atom stereocenters. The van der Waals surface area contributed by atoms with Gasteiger partial charge in [0.25, 0.3) is 0 Å². The number of nitrogens with one attached hydrogen (secondary N) is 1. The zero-order valence-electron chi connectivity index (χ0n) is 13.9. The van der Waals surface area contributed by atoms with Gasteiger partial charge in [0.1, 0.15) is 0 Å². The van der Waals surface area contributed by atoms with Crippen molar-refractivity contribution in [3.8, 4) is 0 Å². The molecular weight excluding hydrogens is 248 g/mol. The van der Waals surface area contributed by atoms with Crippen LogP contribution >= 0.6 is 0 Å². The molecule has 1 saturated carbocycles. The van der Waals surface area contributed by atoms with E-state index >= 15 is 0 Å². The van der Waals surface area contributed by atoms with E-state index in [4.69, 9.17) is 0 Å². The fourth-order valence-electron chi connectivity index (χ4n) is 4.16. The zero-order chi connectivity index (χ0) is 14.8. The van der Waals surface area contributed by atoms with Crippen LogP contribution in [-0.4, -0.2) is 48.8 Å². The molecule has 2 fully saturated rings. The topological polar surface area (TPSA) is 35.5 Å². The number of β-amino-alcohol motifs (C(OH)–C–C–N with tert-alkyl or cyclic N) is 1. The Labute approximate surface area is 125 Å². The van der Waals surface area contributed by atoms with Crippen LogP contribution in [-0.2, 0) is 0 Å². The van der Waals surface area contributed by atoms with Gasteiger partial charge in [0.05, 0.1) is 6.10 Å². The van der Waals surface area contributed by atoms with E-state index in [-0.39, 0.29) is 6.10 Å². The van der Waals surface area contributed by atoms with Crippen molar-refractivity contribution < 1.29 is 5.11 Å². The van der Waals surface area contributed by atoms with Gasteiger partial charge in [-0.05, 0) is 62.9 Å². The van der Waals surface area contributed by atoms with Gasteiger partial charge in [-0.1, -0.05) is 20.8 Å². The van der Waals surface area contributed by atoms with Crippen molar-refractivity contribution in [2.24, 2.45) is 17.3 Å². The third-order valence-electron chi connectivity index (χ3n) is 5.55. The first-order chi connectivity index (χ1) is 9.40. The summed E-state index contributed by atoms with van der Waals surface area (Å²) in [6, 6.07) is 0.660. The summed E-state index contributed by atoms with van der Waals surface area (Å²) in [4.78, 5) is 2.49. The number of rotatable bonds is 3. The molecule has 2 aliphatic rings. The summed E-state index contributed by atoms with van der Waals surface area (Å²) in [6.07, 6.45) is 6.04. The van der Waals surface area contributed by atoms with Gasteiger partial charge < -0.3 is 15.3 Å². The lowest BCUT2D eigenvalue weighted by Crippen LogP contribution is -2.49. The minimum absolute atomic E-state index is 0.0983. The minimum atomic E-state index is -0.0983. The number of nitrogens with zero attached hydrogens (tertiary/aromatic N) is 1. The fourth-order valence-corrected chi connectivity index (χ4v) is 4.16. The number of aliphatic hydroxyl groups excluding tert-OH is 1. The van der Waals surface area contributed by atoms with Crippen molar-refractivity contribution in [3.05, 3.63) is 0 Å². The Morgan fingerprint density at radius 1 is 1.20 bits per heavy atom. The summed E-state index contributed by atoms with van der Waals surface area (Å²) in [7, 11) is 2.11. The number of piperidine rings is 1. The Morgan fingerprint density at radius 3 is 2.55 bits per heavy atom. The maximum atomic E-state index is 9.86. The molecule has 2 N–H and O–H groups in total. The standard InChI is InChI=1S/C17H34N2O/c1-17(2,3)14-7-8-16(18-4)13(10-14)11-19-9-5-6-15(20)12-19/h13-16,18,20H,5-12H2,1-4H3. The third-order valence-corrected chi connectivity index (χ3v) is 5.55. The summed E-state index contributed by atoms with van der Waals surface area (Å²) in [5, 5.41) is 13.4. The minimum Gasteiger partial charge on any atom is -0.392 e. The molecule has 118 valence electrons. The summed E-state index contributed by atoms with van der Waals surface area (Å²) in [6.45, 7) is 10.4. The Balaban J connectivity index is 1.94. The highest BCUT2D eigenvalue weighted by Gasteiger charge is 2.36. The van der Waals surface area contributed by atoms with Crippen LogP contribution in [0.2, 0.25) is 0 Å². The molecule has 0 aromatic heterocycles. The van der Waals surface area contributed by atoms with E-state index in [0.717, 1.165) is 37.8 Å². The van der Waals surface area contributed by atoms with E-state index in [0.29, 0.717) is 11.5 Å². The molecule has 0 aromatic rings. The van der Waals surface area contributed by atoms with Crippen LogP contribution in [0.3, 0.4) is 0 Å². The van der Waals surface area contributed by atoms with Crippen LogP contribution < -0.4 is 5.32 Å². The molecule has 2 rings (SSSR count). The van der Waals surface area contributed by atoms with Crippen LogP contribution in [0.25, 0.3) is 0 Å². The molecule has 3 heteroatoms. The van der Waals surface area contributed by atoms with E-state index in [9.17, 15) is 5.11 Å². The van der Waals surface area contributed by atoms with Gasteiger partial charge in [-0.15, -0.1) is 0 Å². The lowest BCUT2D eigenvalue weighted by molar-refractivity contribution is 0.0391. The fraction of sp³-hybridized carbons (Fsp3) is 1.00. The van der Waals surface area contributed by atoms with Gasteiger partial charge in [0.2, 0.25) is 0 Å². The number of likely N-dealkylation sites (tertiary alicyclic amines) is 1. The summed E-state index contributed by atoms with van der Waals surface area (Å²) >= 11 is 0. The van der Waals surface area contributed by atoms with Gasteiger partial charge in [-0.2, -0.15) is 0 Å². The maximum Gasteiger partial charge on any atom is 0.0667 e. The molecule has 20 heavy (non-hydrogen) atoms. The number of hydrogen-bond donors (Lipinski definition) is 2. The molecule has 3 nitrogen and oxygen atoms in total. The average molecular weight is 282 g/mol. The Kier molecular flexibility index (Phi) is 5.49. The van der Waals surface area contributed by atoms with Crippen LogP contribution in [0.5, 0.6) is 0 Å². The van der Waals surface area contributed by atoms with Crippen molar-refractivity contribution in [3.63, 3.8) is 0 Å². The molecule has 0 bridgehead atoms. The molecule has 0 spiro atoms. The molecule has 0 aromatic carbocycles. The van der Waals surface area contributed by atoms with Gasteiger partial charge in [0.15, 0.2) is 0 Å². The predicted molar refractivity (Wildman–Crippen MR) is 84.8 cm³/mol. The number of aliphatic hydroxyl groups is 1. The molecular formula is C17H34N2O. The van der Waals surface area contributed by atoms with Crippen LogP contribution in [0.1, 0.15) is 52.9 Å². The van der Waals surface area contributed by atoms with E-state index in [1.807, 2.05) is 0 Å². The van der Waals surface area contributed by atoms with Crippen LogP contribution in [0.15, 0.2) is 0 Å². The lowest BCUT2D eigenvalue weighted by atomic mass is 9.67. The summed E-state index contributed by atoms with van der Waals surface area (Å²) < 4.78 is 0. The van der Waals surface area contributed by atoms with Crippen LogP contribution in [0.4, 0.5) is 0 Å². The monoisotopic (exact) mass is 282 g/mol. The van der Waals surface area contributed by atoms with Gasteiger partial charge >= 0.3 is 0 Å². The lowest BCUT2D eigenvalue weighted by Gasteiger charge is -2.44. The highest BCUT2D eigenvalue weighted by molar-refractivity contribution is 4.90. The van der Waals surface area contributed by atoms with Crippen LogP contribution in [0, 0.1) is 17.3 Å². The Bertz CT molecular complexity index is 300. The number of hydrogen-bond acceptors (Lipinski definition) is 3. The SMILES string of the molecule is CNC1CCC(C(C)(C)C)CC1CN1CCCC(O)C1. The first-order valence-electron chi connectivity index (χ1n) is 8.48. The second kappa shape index (κ2) is 6.76. The smallest absolute Gasteiger partial charge is 0.0667 e. The Morgan fingerprint density at radius 2 is 1.95 bits per heavy atom. The second-order valence-corrected chi connectivity index (χ2v) is 8.09. The highest BCUT2D eigenvalue weighted by Crippen LogP contribution is 2.40.